The third-order valence-electron chi connectivity index (χ3n) is 6.13. The van der Waals surface area contributed by atoms with Crippen LogP contribution >= 0.6 is 0 Å². The van der Waals surface area contributed by atoms with E-state index in [-0.39, 0.29) is 24.9 Å². The summed E-state index contributed by atoms with van der Waals surface area (Å²) in [7, 11) is 2.91. The topological polar surface area (TPSA) is 77.5 Å². The molecule has 1 amide bonds. The Labute approximate surface area is 187 Å². The van der Waals surface area contributed by atoms with Gasteiger partial charge < -0.3 is 29.0 Å². The number of nitrogens with zero attached hydrogens (tertiary/aromatic N) is 1. The number of methoxy groups -OCH3 is 2. The molecule has 1 saturated heterocycles. The van der Waals surface area contributed by atoms with Crippen LogP contribution in [-0.4, -0.2) is 62.7 Å². The predicted molar refractivity (Wildman–Crippen MR) is 117 cm³/mol. The molecule has 3 rings (SSSR count). The van der Waals surface area contributed by atoms with Crippen LogP contribution in [0.5, 0.6) is 17.2 Å². The largest absolute Gasteiger partial charge is 0.493 e. The quantitative estimate of drug-likeness (QED) is 0.620. The summed E-state index contributed by atoms with van der Waals surface area (Å²) < 4.78 is 34.8. The summed E-state index contributed by atoms with van der Waals surface area (Å²) >= 11 is 0. The summed E-state index contributed by atoms with van der Waals surface area (Å²) in [5, 5.41) is 10.5. The Balaban J connectivity index is 1.74. The second-order valence-corrected chi connectivity index (χ2v) is 8.15. The van der Waals surface area contributed by atoms with E-state index >= 15 is 0 Å². The van der Waals surface area contributed by atoms with Crippen molar-refractivity contribution in [1.82, 2.24) is 4.90 Å². The standard InChI is InChI=1S/C24H30FNO6/c1-16(27)24(2)15-26(23(28)30-4)14-20(24)17-5-10-21(29-3)22(13-17)32-12-11-31-19-8-6-18(25)7-9-19/h5-10,13,16,20,27H,11-12,14-15H2,1-4H3. The minimum atomic E-state index is -0.641. The normalized spacial score (nSPS) is 21.2. The number of likely N-dealkylation sites (tertiary alicyclic amines) is 1. The molecular formula is C24H30FNO6. The van der Waals surface area contributed by atoms with E-state index in [0.717, 1.165) is 5.56 Å². The minimum Gasteiger partial charge on any atom is -0.493 e. The monoisotopic (exact) mass is 447 g/mol. The van der Waals surface area contributed by atoms with Crippen molar-refractivity contribution < 1.29 is 33.2 Å². The van der Waals surface area contributed by atoms with Crippen LogP contribution in [0.1, 0.15) is 25.3 Å². The van der Waals surface area contributed by atoms with Gasteiger partial charge in [0.25, 0.3) is 0 Å². The molecule has 1 aliphatic rings. The SMILES string of the molecule is COC(=O)N1CC(c2ccc(OC)c(OCCOc3ccc(F)cc3)c2)C(C)(C(C)O)C1. The molecular weight excluding hydrogens is 417 g/mol. The molecule has 8 heteroatoms. The number of rotatable bonds is 8. The molecule has 1 aliphatic heterocycles. The van der Waals surface area contributed by atoms with Gasteiger partial charge in [-0.3, -0.25) is 0 Å². The van der Waals surface area contributed by atoms with Gasteiger partial charge in [-0.15, -0.1) is 0 Å². The lowest BCUT2D eigenvalue weighted by atomic mass is 9.72. The molecule has 0 aliphatic carbocycles. The van der Waals surface area contributed by atoms with Gasteiger partial charge in [-0.1, -0.05) is 13.0 Å². The second-order valence-electron chi connectivity index (χ2n) is 8.15. The van der Waals surface area contributed by atoms with Crippen molar-refractivity contribution >= 4 is 6.09 Å². The molecule has 0 bridgehead atoms. The van der Waals surface area contributed by atoms with Crippen molar-refractivity contribution in [2.45, 2.75) is 25.9 Å². The fourth-order valence-corrected chi connectivity index (χ4v) is 4.06. The fourth-order valence-electron chi connectivity index (χ4n) is 4.06. The highest BCUT2D eigenvalue weighted by atomic mass is 19.1. The molecule has 2 aromatic carbocycles. The maximum atomic E-state index is 13.0. The number of amides is 1. The van der Waals surface area contributed by atoms with Gasteiger partial charge in [-0.2, -0.15) is 0 Å². The highest BCUT2D eigenvalue weighted by Gasteiger charge is 2.48. The van der Waals surface area contributed by atoms with E-state index in [1.807, 2.05) is 25.1 Å². The summed E-state index contributed by atoms with van der Waals surface area (Å²) in [6.45, 7) is 5.03. The number of aliphatic hydroxyl groups excluding tert-OH is 1. The van der Waals surface area contributed by atoms with Gasteiger partial charge in [-0.05, 0) is 48.9 Å². The molecule has 0 spiro atoms. The Bertz CT molecular complexity index is 919. The Hall–Kier alpha value is -3.00. The molecule has 1 N–H and O–H groups in total. The predicted octanol–water partition coefficient (Wildman–Crippen LogP) is 3.84. The molecule has 0 saturated carbocycles. The van der Waals surface area contributed by atoms with Gasteiger partial charge in [0.15, 0.2) is 11.5 Å². The number of aliphatic hydroxyl groups is 1. The van der Waals surface area contributed by atoms with E-state index in [9.17, 15) is 14.3 Å². The Morgan fingerprint density at radius 3 is 2.47 bits per heavy atom. The molecule has 7 nitrogen and oxygen atoms in total. The maximum Gasteiger partial charge on any atom is 0.409 e. The van der Waals surface area contributed by atoms with Gasteiger partial charge in [0.1, 0.15) is 24.8 Å². The van der Waals surface area contributed by atoms with E-state index in [2.05, 4.69) is 0 Å². The van der Waals surface area contributed by atoms with Crippen molar-refractivity contribution in [2.24, 2.45) is 5.41 Å². The highest BCUT2D eigenvalue weighted by Crippen LogP contribution is 2.46. The first-order chi connectivity index (χ1) is 15.3. The van der Waals surface area contributed by atoms with E-state index in [0.29, 0.717) is 30.3 Å². The minimum absolute atomic E-state index is 0.120. The average Bonchev–Trinajstić information content (AvgIpc) is 3.16. The smallest absolute Gasteiger partial charge is 0.409 e. The molecule has 174 valence electrons. The number of hydrogen-bond acceptors (Lipinski definition) is 6. The van der Waals surface area contributed by atoms with Crippen LogP contribution in [0.4, 0.5) is 9.18 Å². The van der Waals surface area contributed by atoms with Crippen molar-refractivity contribution in [1.29, 1.82) is 0 Å². The summed E-state index contributed by atoms with van der Waals surface area (Å²) in [6.07, 6.45) is -1.06. The van der Waals surface area contributed by atoms with Crippen LogP contribution in [0.15, 0.2) is 42.5 Å². The van der Waals surface area contributed by atoms with Crippen molar-refractivity contribution in [3.8, 4) is 17.2 Å². The molecule has 3 unspecified atom stereocenters. The van der Waals surface area contributed by atoms with Crippen molar-refractivity contribution in [3.05, 3.63) is 53.8 Å². The van der Waals surface area contributed by atoms with Crippen molar-refractivity contribution in [2.75, 3.05) is 40.5 Å². The zero-order chi connectivity index (χ0) is 23.3. The lowest BCUT2D eigenvalue weighted by Gasteiger charge is -2.33. The summed E-state index contributed by atoms with van der Waals surface area (Å²) in [6, 6.07) is 11.4. The molecule has 0 aromatic heterocycles. The van der Waals surface area contributed by atoms with Crippen LogP contribution < -0.4 is 14.2 Å². The first kappa shape index (κ1) is 23.7. The second kappa shape index (κ2) is 10.1. The third kappa shape index (κ3) is 5.07. The van der Waals surface area contributed by atoms with Gasteiger partial charge in [0, 0.05) is 24.4 Å². The number of carbonyl (C=O) groups excluding carboxylic acids is 1. The Kier molecular flexibility index (Phi) is 7.45. The van der Waals surface area contributed by atoms with Crippen LogP contribution in [0, 0.1) is 11.2 Å². The Morgan fingerprint density at radius 1 is 1.16 bits per heavy atom. The molecule has 32 heavy (non-hydrogen) atoms. The number of halogens is 1. The van der Waals surface area contributed by atoms with E-state index in [1.54, 1.807) is 31.1 Å². The third-order valence-corrected chi connectivity index (χ3v) is 6.13. The molecule has 1 heterocycles. The van der Waals surface area contributed by atoms with Gasteiger partial charge in [0.05, 0.1) is 20.3 Å². The number of benzene rings is 2. The zero-order valence-electron chi connectivity index (χ0n) is 18.8. The summed E-state index contributed by atoms with van der Waals surface area (Å²) in [5.41, 5.74) is 0.376. The molecule has 3 atom stereocenters. The summed E-state index contributed by atoms with van der Waals surface area (Å²) in [5.74, 6) is 1.22. The number of carbonyl (C=O) groups is 1. The highest BCUT2D eigenvalue weighted by molar-refractivity contribution is 5.68. The maximum absolute atomic E-state index is 13.0. The lowest BCUT2D eigenvalue weighted by molar-refractivity contribution is 0.0470. The van der Waals surface area contributed by atoms with Gasteiger partial charge in [-0.25, -0.2) is 9.18 Å². The fraction of sp³-hybridized carbons (Fsp3) is 0.458. The van der Waals surface area contributed by atoms with E-state index < -0.39 is 17.6 Å². The number of hydrogen-bond donors (Lipinski definition) is 1. The first-order valence-corrected chi connectivity index (χ1v) is 10.5. The Morgan fingerprint density at radius 2 is 1.84 bits per heavy atom. The van der Waals surface area contributed by atoms with Gasteiger partial charge >= 0.3 is 6.09 Å². The first-order valence-electron chi connectivity index (χ1n) is 10.5. The molecule has 2 aromatic rings. The van der Waals surface area contributed by atoms with Crippen LogP contribution in [-0.2, 0) is 4.74 Å². The molecule has 0 radical (unpaired) electrons. The summed E-state index contributed by atoms with van der Waals surface area (Å²) in [4.78, 5) is 13.7. The molecule has 1 fully saturated rings. The van der Waals surface area contributed by atoms with Crippen molar-refractivity contribution in [3.63, 3.8) is 0 Å². The van der Waals surface area contributed by atoms with E-state index in [1.165, 1.54) is 19.2 Å². The zero-order valence-corrected chi connectivity index (χ0v) is 18.8. The van der Waals surface area contributed by atoms with Crippen LogP contribution in [0.2, 0.25) is 0 Å². The number of ether oxygens (including phenoxy) is 4. The average molecular weight is 448 g/mol. The lowest BCUT2D eigenvalue weighted by Crippen LogP contribution is -2.38. The van der Waals surface area contributed by atoms with E-state index in [4.69, 9.17) is 18.9 Å². The van der Waals surface area contributed by atoms with Gasteiger partial charge in [0.2, 0.25) is 0 Å². The van der Waals surface area contributed by atoms with Crippen LogP contribution in [0.3, 0.4) is 0 Å². The van der Waals surface area contributed by atoms with Crippen LogP contribution in [0.25, 0.3) is 0 Å².